The van der Waals surface area contributed by atoms with Crippen LogP contribution in [0, 0.1) is 0 Å². The van der Waals surface area contributed by atoms with E-state index in [0.29, 0.717) is 25.3 Å². The van der Waals surface area contributed by atoms with Crippen molar-refractivity contribution in [1.82, 2.24) is 29.6 Å². The number of carbonyl (C=O) groups excluding carboxylic acids is 1. The first-order valence-electron chi connectivity index (χ1n) is 7.66. The third-order valence-corrected chi connectivity index (χ3v) is 5.14. The van der Waals surface area contributed by atoms with E-state index in [-0.39, 0.29) is 17.5 Å². The molecule has 0 saturated carbocycles. The molecular formula is C14H20N6O2S. The number of aromatic amines is 2. The van der Waals surface area contributed by atoms with Crippen LogP contribution >= 0.6 is 11.8 Å². The van der Waals surface area contributed by atoms with Crippen molar-refractivity contribution in [2.75, 3.05) is 18.8 Å². The molecule has 124 valence electrons. The highest BCUT2D eigenvalue weighted by atomic mass is 32.2. The van der Waals surface area contributed by atoms with Gasteiger partial charge < -0.3 is 9.47 Å². The van der Waals surface area contributed by atoms with Gasteiger partial charge in [-0.05, 0) is 12.8 Å². The number of likely N-dealkylation sites (tertiary alicyclic amines) is 1. The van der Waals surface area contributed by atoms with Crippen molar-refractivity contribution in [3.8, 4) is 0 Å². The summed E-state index contributed by atoms with van der Waals surface area (Å²) in [5.74, 6) is 1.84. The smallest absolute Gasteiger partial charge is 0.340 e. The molecule has 2 aromatic rings. The molecule has 0 aromatic carbocycles. The van der Waals surface area contributed by atoms with Crippen LogP contribution in [0.15, 0.2) is 22.3 Å². The number of imidazole rings is 1. The van der Waals surface area contributed by atoms with Crippen molar-refractivity contribution < 1.29 is 4.79 Å². The monoisotopic (exact) mass is 336 g/mol. The fraction of sp³-hybridized carbons (Fsp3) is 0.571. The summed E-state index contributed by atoms with van der Waals surface area (Å²) in [5, 5.41) is 7.31. The Labute approximate surface area is 137 Å². The molecular weight excluding hydrogens is 316 g/mol. The highest BCUT2D eigenvalue weighted by Gasteiger charge is 2.25. The standard InChI is InChI=1S/C14H20N6O2S/c1-19-8-5-15-14(19)23-9-4-11(21)20-6-2-10(3-7-20)12-16-13(22)18-17-12/h5,8,10H,2-4,6-7,9H2,1H3,(H2,16,17,18,22). The summed E-state index contributed by atoms with van der Waals surface area (Å²) in [6.45, 7) is 1.43. The molecule has 3 heterocycles. The second-order valence-electron chi connectivity index (χ2n) is 5.64. The Bertz CT molecular complexity index is 713. The number of H-pyrrole nitrogens is 2. The number of thioether (sulfide) groups is 1. The molecule has 0 bridgehead atoms. The predicted molar refractivity (Wildman–Crippen MR) is 86.3 cm³/mol. The van der Waals surface area contributed by atoms with Gasteiger partial charge in [0.2, 0.25) is 5.91 Å². The molecule has 2 N–H and O–H groups in total. The first-order valence-corrected chi connectivity index (χ1v) is 8.64. The zero-order chi connectivity index (χ0) is 16.2. The Hall–Kier alpha value is -2.03. The molecule has 2 aromatic heterocycles. The van der Waals surface area contributed by atoms with E-state index in [1.807, 2.05) is 22.7 Å². The third-order valence-electron chi connectivity index (χ3n) is 4.08. The number of amides is 1. The van der Waals surface area contributed by atoms with Gasteiger partial charge in [0.25, 0.3) is 0 Å². The van der Waals surface area contributed by atoms with Crippen molar-refractivity contribution in [3.05, 3.63) is 28.7 Å². The number of hydrogen-bond acceptors (Lipinski definition) is 5. The van der Waals surface area contributed by atoms with E-state index in [1.54, 1.807) is 18.0 Å². The average Bonchev–Trinajstić information content (AvgIpc) is 3.16. The lowest BCUT2D eigenvalue weighted by molar-refractivity contribution is -0.131. The molecule has 1 aliphatic heterocycles. The molecule has 0 radical (unpaired) electrons. The second-order valence-corrected chi connectivity index (χ2v) is 6.70. The summed E-state index contributed by atoms with van der Waals surface area (Å²) in [4.78, 5) is 32.2. The van der Waals surface area contributed by atoms with Crippen LogP contribution in [0.2, 0.25) is 0 Å². The van der Waals surface area contributed by atoms with Crippen LogP contribution in [0.1, 0.15) is 31.0 Å². The lowest BCUT2D eigenvalue weighted by atomic mass is 9.96. The first kappa shape index (κ1) is 15.9. The highest BCUT2D eigenvalue weighted by molar-refractivity contribution is 7.99. The second kappa shape index (κ2) is 7.03. The Balaban J connectivity index is 1.43. The molecule has 3 rings (SSSR count). The summed E-state index contributed by atoms with van der Waals surface area (Å²) in [6, 6.07) is 0. The van der Waals surface area contributed by atoms with Crippen LogP contribution < -0.4 is 5.69 Å². The van der Waals surface area contributed by atoms with E-state index in [4.69, 9.17) is 0 Å². The average molecular weight is 336 g/mol. The Morgan fingerprint density at radius 3 is 2.83 bits per heavy atom. The van der Waals surface area contributed by atoms with Gasteiger partial charge in [-0.1, -0.05) is 11.8 Å². The van der Waals surface area contributed by atoms with E-state index in [2.05, 4.69) is 20.2 Å². The largest absolute Gasteiger partial charge is 0.343 e. The predicted octanol–water partition coefficient (Wildman–Crippen LogP) is 0.720. The van der Waals surface area contributed by atoms with E-state index >= 15 is 0 Å². The molecule has 0 atom stereocenters. The van der Waals surface area contributed by atoms with E-state index in [0.717, 1.165) is 23.8 Å². The van der Waals surface area contributed by atoms with Crippen LogP contribution in [0.5, 0.6) is 0 Å². The number of nitrogens with zero attached hydrogens (tertiary/aromatic N) is 4. The van der Waals surface area contributed by atoms with Crippen LogP contribution in [0.4, 0.5) is 0 Å². The van der Waals surface area contributed by atoms with Gasteiger partial charge in [0.15, 0.2) is 5.16 Å². The van der Waals surface area contributed by atoms with Crippen molar-refractivity contribution in [2.24, 2.45) is 7.05 Å². The molecule has 1 fully saturated rings. The molecule has 9 heteroatoms. The molecule has 1 saturated heterocycles. The minimum Gasteiger partial charge on any atom is -0.343 e. The summed E-state index contributed by atoms with van der Waals surface area (Å²) in [5.41, 5.74) is -0.273. The van der Waals surface area contributed by atoms with Gasteiger partial charge in [-0.15, -0.1) is 0 Å². The topological polar surface area (TPSA) is 99.7 Å². The van der Waals surface area contributed by atoms with Gasteiger partial charge in [0.05, 0.1) is 0 Å². The van der Waals surface area contributed by atoms with Gasteiger partial charge in [0.1, 0.15) is 5.82 Å². The SMILES string of the molecule is Cn1ccnc1SCCC(=O)N1CCC(c2n[nH]c(=O)[nH]2)CC1. The molecule has 0 spiro atoms. The van der Waals surface area contributed by atoms with Gasteiger partial charge in [-0.25, -0.2) is 14.9 Å². The summed E-state index contributed by atoms with van der Waals surface area (Å²) in [7, 11) is 1.95. The van der Waals surface area contributed by atoms with Crippen molar-refractivity contribution in [2.45, 2.75) is 30.3 Å². The molecule has 0 aliphatic carbocycles. The van der Waals surface area contributed by atoms with Gasteiger partial charge in [0, 0.05) is 50.6 Å². The van der Waals surface area contributed by atoms with Crippen molar-refractivity contribution in [3.63, 3.8) is 0 Å². The minimum atomic E-state index is -0.273. The molecule has 1 amide bonds. The van der Waals surface area contributed by atoms with Crippen molar-refractivity contribution in [1.29, 1.82) is 0 Å². The number of carbonyl (C=O) groups is 1. The summed E-state index contributed by atoms with van der Waals surface area (Å²) >= 11 is 1.60. The van der Waals surface area contributed by atoms with E-state index < -0.39 is 0 Å². The fourth-order valence-corrected chi connectivity index (χ4v) is 3.62. The highest BCUT2D eigenvalue weighted by Crippen LogP contribution is 2.25. The molecule has 8 nitrogen and oxygen atoms in total. The normalized spacial score (nSPS) is 16.0. The maximum atomic E-state index is 12.3. The summed E-state index contributed by atoms with van der Waals surface area (Å²) in [6.07, 6.45) is 5.84. The number of piperidine rings is 1. The number of hydrogen-bond donors (Lipinski definition) is 2. The fourth-order valence-electron chi connectivity index (χ4n) is 2.76. The van der Waals surface area contributed by atoms with E-state index in [9.17, 15) is 9.59 Å². The van der Waals surface area contributed by atoms with Crippen LogP contribution in [0.3, 0.4) is 0 Å². The van der Waals surface area contributed by atoms with Crippen LogP contribution in [-0.4, -0.2) is 54.4 Å². The number of rotatable bonds is 5. The Morgan fingerprint density at radius 1 is 1.43 bits per heavy atom. The number of aryl methyl sites for hydroxylation is 1. The Morgan fingerprint density at radius 2 is 2.22 bits per heavy atom. The van der Waals surface area contributed by atoms with Gasteiger partial charge in [-0.3, -0.25) is 9.78 Å². The summed E-state index contributed by atoms with van der Waals surface area (Å²) < 4.78 is 1.95. The third kappa shape index (κ3) is 3.84. The van der Waals surface area contributed by atoms with Gasteiger partial charge in [-0.2, -0.15) is 5.10 Å². The zero-order valence-corrected chi connectivity index (χ0v) is 13.8. The molecule has 1 aliphatic rings. The maximum Gasteiger partial charge on any atom is 0.340 e. The van der Waals surface area contributed by atoms with E-state index in [1.165, 1.54) is 0 Å². The quantitative estimate of drug-likeness (QED) is 0.784. The number of aromatic nitrogens is 5. The molecule has 0 unspecified atom stereocenters. The minimum absolute atomic E-state index is 0.181. The lowest BCUT2D eigenvalue weighted by Crippen LogP contribution is -2.38. The van der Waals surface area contributed by atoms with Gasteiger partial charge >= 0.3 is 5.69 Å². The van der Waals surface area contributed by atoms with Crippen molar-refractivity contribution >= 4 is 17.7 Å². The van der Waals surface area contributed by atoms with Crippen LogP contribution in [0.25, 0.3) is 0 Å². The molecule has 23 heavy (non-hydrogen) atoms. The maximum absolute atomic E-state index is 12.3. The first-order chi connectivity index (χ1) is 11.1. The van der Waals surface area contributed by atoms with Crippen LogP contribution in [-0.2, 0) is 11.8 Å². The zero-order valence-electron chi connectivity index (χ0n) is 13.0. The lowest BCUT2D eigenvalue weighted by Gasteiger charge is -2.31. The number of nitrogens with one attached hydrogen (secondary N) is 2. The Kier molecular flexibility index (Phi) is 4.85.